The van der Waals surface area contributed by atoms with Crippen molar-refractivity contribution in [2.45, 2.75) is 24.4 Å². The molecule has 0 bridgehead atoms. The summed E-state index contributed by atoms with van der Waals surface area (Å²) in [4.78, 5) is 25.7. The summed E-state index contributed by atoms with van der Waals surface area (Å²) in [6.07, 6.45) is -4.20. The van der Waals surface area contributed by atoms with Gasteiger partial charge < -0.3 is 14.2 Å². The summed E-state index contributed by atoms with van der Waals surface area (Å²) in [7, 11) is 2.88. The first-order chi connectivity index (χ1) is 15.2. The molecule has 1 aliphatic heterocycles. The minimum Gasteiger partial charge on any atom is -0.493 e. The summed E-state index contributed by atoms with van der Waals surface area (Å²) in [5, 5.41) is 0. The van der Waals surface area contributed by atoms with Crippen molar-refractivity contribution in [3.8, 4) is 11.5 Å². The number of halogens is 3. The number of nitrogens with one attached hydrogen (secondary N) is 2. The van der Waals surface area contributed by atoms with Crippen LogP contribution in [0.4, 0.5) is 13.2 Å². The summed E-state index contributed by atoms with van der Waals surface area (Å²) in [5.74, 6) is -0.477. The van der Waals surface area contributed by atoms with E-state index >= 15 is 0 Å². The Morgan fingerprint density at radius 3 is 2.28 bits per heavy atom. The van der Waals surface area contributed by atoms with Crippen LogP contribution in [-0.2, 0) is 21.1 Å². The summed E-state index contributed by atoms with van der Waals surface area (Å²) >= 11 is 0. The number of rotatable bonds is 5. The topological polar surface area (TPSA) is 85.9 Å². The van der Waals surface area contributed by atoms with Crippen molar-refractivity contribution in [3.05, 3.63) is 59.2 Å². The zero-order valence-corrected chi connectivity index (χ0v) is 17.5. The van der Waals surface area contributed by atoms with E-state index in [1.807, 2.05) is 0 Å². The van der Waals surface area contributed by atoms with E-state index < -0.39 is 29.0 Å². The van der Waals surface area contributed by atoms with Gasteiger partial charge in [-0.1, -0.05) is 18.2 Å². The highest BCUT2D eigenvalue weighted by atomic mass is 19.4. The summed E-state index contributed by atoms with van der Waals surface area (Å²) in [6, 6.07) is 9.14. The Balaban J connectivity index is 1.81. The van der Waals surface area contributed by atoms with Crippen molar-refractivity contribution in [1.29, 1.82) is 0 Å². The summed E-state index contributed by atoms with van der Waals surface area (Å²) in [5.41, 5.74) is 2.99. The molecule has 0 saturated carbocycles. The number of carbonyl (C=O) groups is 2. The number of hydrogen-bond donors (Lipinski definition) is 2. The van der Waals surface area contributed by atoms with Crippen molar-refractivity contribution in [1.82, 2.24) is 10.9 Å². The van der Waals surface area contributed by atoms with Crippen LogP contribution in [0.3, 0.4) is 0 Å². The Labute approximate surface area is 182 Å². The Morgan fingerprint density at radius 2 is 1.66 bits per heavy atom. The summed E-state index contributed by atoms with van der Waals surface area (Å²) < 4.78 is 55.3. The second-order valence-corrected chi connectivity index (χ2v) is 7.25. The third-order valence-electron chi connectivity index (χ3n) is 5.46. The largest absolute Gasteiger partial charge is 0.493 e. The Bertz CT molecular complexity index is 988. The number of ether oxygens (including phenoxy) is 3. The van der Waals surface area contributed by atoms with Crippen molar-refractivity contribution < 1.29 is 37.0 Å². The van der Waals surface area contributed by atoms with Crippen LogP contribution < -0.4 is 20.3 Å². The maximum Gasteiger partial charge on any atom is 0.416 e. The van der Waals surface area contributed by atoms with Gasteiger partial charge in [-0.05, 0) is 42.7 Å². The number of amides is 2. The van der Waals surface area contributed by atoms with Gasteiger partial charge in [-0.15, -0.1) is 0 Å². The minimum absolute atomic E-state index is 0.173. The average Bonchev–Trinajstić information content (AvgIpc) is 2.81. The molecule has 2 aromatic rings. The lowest BCUT2D eigenvalue weighted by Gasteiger charge is -2.36. The molecular formula is C22H23F3N2O5. The second kappa shape index (κ2) is 9.47. The molecule has 1 fully saturated rings. The fraction of sp³-hybridized carbons (Fsp3) is 0.364. The van der Waals surface area contributed by atoms with E-state index in [2.05, 4.69) is 10.9 Å². The molecule has 2 aromatic carbocycles. The highest BCUT2D eigenvalue weighted by Crippen LogP contribution is 2.38. The molecule has 10 heteroatoms. The molecule has 0 spiro atoms. The lowest BCUT2D eigenvalue weighted by Crippen LogP contribution is -2.53. The SMILES string of the molecule is COc1ccc(C(=O)NNC(=O)C2(c3cccc(C(F)(F)F)c3)CCOCC2)cc1OC. The third-order valence-corrected chi connectivity index (χ3v) is 5.46. The van der Waals surface area contributed by atoms with E-state index in [4.69, 9.17) is 14.2 Å². The molecule has 2 amide bonds. The van der Waals surface area contributed by atoms with Crippen LogP contribution in [0, 0.1) is 0 Å². The van der Waals surface area contributed by atoms with Gasteiger partial charge in [0, 0.05) is 18.8 Å². The number of carbonyl (C=O) groups excluding carboxylic acids is 2. The Kier molecular flexibility index (Phi) is 6.93. The number of hydrogen-bond acceptors (Lipinski definition) is 5. The molecule has 2 N–H and O–H groups in total. The van der Waals surface area contributed by atoms with Crippen molar-refractivity contribution in [2.75, 3.05) is 27.4 Å². The summed E-state index contributed by atoms with van der Waals surface area (Å²) in [6.45, 7) is 0.403. The number of hydrazine groups is 1. The number of alkyl halides is 3. The zero-order valence-electron chi connectivity index (χ0n) is 17.5. The van der Waals surface area contributed by atoms with E-state index in [0.717, 1.165) is 12.1 Å². The van der Waals surface area contributed by atoms with Crippen LogP contribution in [-0.4, -0.2) is 39.2 Å². The quantitative estimate of drug-likeness (QED) is 0.681. The first-order valence-electron chi connectivity index (χ1n) is 9.79. The van der Waals surface area contributed by atoms with Crippen molar-refractivity contribution >= 4 is 11.8 Å². The van der Waals surface area contributed by atoms with Crippen LogP contribution in [0.25, 0.3) is 0 Å². The molecule has 3 rings (SSSR count). The van der Waals surface area contributed by atoms with Gasteiger partial charge in [0.25, 0.3) is 5.91 Å². The lowest BCUT2D eigenvalue weighted by molar-refractivity contribution is -0.138. The van der Waals surface area contributed by atoms with Gasteiger partial charge in [-0.2, -0.15) is 13.2 Å². The predicted octanol–water partition coefficient (Wildman–Crippen LogP) is 3.23. The predicted molar refractivity (Wildman–Crippen MR) is 108 cm³/mol. The van der Waals surface area contributed by atoms with E-state index in [9.17, 15) is 22.8 Å². The smallest absolute Gasteiger partial charge is 0.416 e. The lowest BCUT2D eigenvalue weighted by atomic mass is 9.73. The van der Waals surface area contributed by atoms with Gasteiger partial charge >= 0.3 is 6.18 Å². The van der Waals surface area contributed by atoms with Crippen LogP contribution in [0.5, 0.6) is 11.5 Å². The van der Waals surface area contributed by atoms with E-state index in [-0.39, 0.29) is 37.2 Å². The molecule has 1 aliphatic rings. The molecule has 0 aliphatic carbocycles. The highest BCUT2D eigenvalue weighted by molar-refractivity contribution is 5.97. The first-order valence-corrected chi connectivity index (χ1v) is 9.79. The molecule has 0 radical (unpaired) electrons. The molecule has 0 aromatic heterocycles. The molecule has 0 unspecified atom stereocenters. The molecule has 7 nitrogen and oxygen atoms in total. The zero-order chi connectivity index (χ0) is 23.4. The molecule has 32 heavy (non-hydrogen) atoms. The molecular weight excluding hydrogens is 429 g/mol. The fourth-order valence-electron chi connectivity index (χ4n) is 3.64. The minimum atomic E-state index is -4.54. The normalized spacial score (nSPS) is 15.5. The van der Waals surface area contributed by atoms with Gasteiger partial charge in [0.1, 0.15) is 0 Å². The molecule has 172 valence electrons. The van der Waals surface area contributed by atoms with Crippen LogP contribution in [0.2, 0.25) is 0 Å². The van der Waals surface area contributed by atoms with Gasteiger partial charge in [0.05, 0.1) is 25.2 Å². The first kappa shape index (κ1) is 23.4. The Hall–Kier alpha value is -3.27. The standard InChI is InChI=1S/C22H23F3N2O5/c1-30-17-7-6-14(12-18(17)31-2)19(28)26-27-20(29)21(8-10-32-11-9-21)15-4-3-5-16(13-15)22(23,24)25/h3-7,12-13H,8-11H2,1-2H3,(H,26,28)(H,27,29). The Morgan fingerprint density at radius 1 is 0.969 bits per heavy atom. The van der Waals surface area contributed by atoms with Crippen LogP contribution >= 0.6 is 0 Å². The molecule has 1 heterocycles. The maximum absolute atomic E-state index is 13.2. The fourth-order valence-corrected chi connectivity index (χ4v) is 3.64. The van der Waals surface area contributed by atoms with E-state index in [1.54, 1.807) is 0 Å². The highest BCUT2D eigenvalue weighted by Gasteiger charge is 2.43. The van der Waals surface area contributed by atoms with Gasteiger partial charge in [0.15, 0.2) is 11.5 Å². The van der Waals surface area contributed by atoms with Gasteiger partial charge in [0.2, 0.25) is 5.91 Å². The maximum atomic E-state index is 13.2. The van der Waals surface area contributed by atoms with Crippen molar-refractivity contribution in [2.24, 2.45) is 0 Å². The van der Waals surface area contributed by atoms with Gasteiger partial charge in [-0.3, -0.25) is 20.4 Å². The van der Waals surface area contributed by atoms with Crippen molar-refractivity contribution in [3.63, 3.8) is 0 Å². The number of methoxy groups -OCH3 is 2. The number of benzene rings is 2. The average molecular weight is 452 g/mol. The monoisotopic (exact) mass is 452 g/mol. The van der Waals surface area contributed by atoms with E-state index in [1.165, 1.54) is 44.6 Å². The van der Waals surface area contributed by atoms with Crippen LogP contribution in [0.15, 0.2) is 42.5 Å². The molecule has 0 atom stereocenters. The third kappa shape index (κ3) is 4.80. The van der Waals surface area contributed by atoms with Gasteiger partial charge in [-0.25, -0.2) is 0 Å². The van der Waals surface area contributed by atoms with Crippen LogP contribution in [0.1, 0.15) is 34.3 Å². The second-order valence-electron chi connectivity index (χ2n) is 7.25. The molecule has 1 saturated heterocycles. The van der Waals surface area contributed by atoms with E-state index in [0.29, 0.717) is 11.5 Å².